The van der Waals surface area contributed by atoms with Crippen LogP contribution in [0.15, 0.2) is 0 Å². The second-order valence-electron chi connectivity index (χ2n) is 2.75. The maximum Gasteiger partial charge on any atom is 0.508 e. The van der Waals surface area contributed by atoms with Gasteiger partial charge in [-0.25, -0.2) is 4.79 Å². The minimum Gasteiger partial charge on any atom is -0.433 e. The van der Waals surface area contributed by atoms with Crippen LogP contribution in [0.1, 0.15) is 6.92 Å². The minimum absolute atomic E-state index is 0.00116. The molecule has 11 heavy (non-hydrogen) atoms. The molecule has 2 N–H and O–H groups in total. The van der Waals surface area contributed by atoms with Crippen LogP contribution in [0.4, 0.5) is 4.79 Å². The van der Waals surface area contributed by atoms with Gasteiger partial charge in [0.05, 0.1) is 0 Å². The standard InChI is InChI=1S/C6H9NO4/c1-6(4(7)8)2-10-5(9)11-3-6/h2-3H2,1H3,(H2,7,8). The molecule has 62 valence electrons. The fraction of sp³-hybridized carbons (Fsp3) is 0.667. The molecule has 0 unspecified atom stereocenters. The maximum absolute atomic E-state index is 10.7. The highest BCUT2D eigenvalue weighted by atomic mass is 16.7. The molecular weight excluding hydrogens is 150 g/mol. The van der Waals surface area contributed by atoms with Crippen LogP contribution < -0.4 is 5.73 Å². The Bertz CT molecular complexity index is 191. The van der Waals surface area contributed by atoms with Crippen LogP contribution in [0.3, 0.4) is 0 Å². The van der Waals surface area contributed by atoms with Gasteiger partial charge in [0.15, 0.2) is 0 Å². The summed E-state index contributed by atoms with van der Waals surface area (Å²) in [4.78, 5) is 21.1. The van der Waals surface area contributed by atoms with Gasteiger partial charge < -0.3 is 15.2 Å². The molecule has 5 nitrogen and oxygen atoms in total. The smallest absolute Gasteiger partial charge is 0.433 e. The zero-order valence-corrected chi connectivity index (χ0v) is 6.12. The largest absolute Gasteiger partial charge is 0.508 e. The van der Waals surface area contributed by atoms with Crippen LogP contribution in [0, 0.1) is 5.41 Å². The summed E-state index contributed by atoms with van der Waals surface area (Å²) in [7, 11) is 0. The molecule has 1 heterocycles. The van der Waals surface area contributed by atoms with Gasteiger partial charge in [0, 0.05) is 0 Å². The minimum atomic E-state index is -0.867. The molecule has 0 radical (unpaired) electrons. The Morgan fingerprint density at radius 3 is 2.36 bits per heavy atom. The Morgan fingerprint density at radius 1 is 1.55 bits per heavy atom. The van der Waals surface area contributed by atoms with Crippen LogP contribution in [-0.2, 0) is 14.3 Å². The second-order valence-corrected chi connectivity index (χ2v) is 2.75. The Hall–Kier alpha value is -1.26. The van der Waals surface area contributed by atoms with Gasteiger partial charge in [-0.05, 0) is 6.92 Å². The third-order valence-electron chi connectivity index (χ3n) is 1.61. The van der Waals surface area contributed by atoms with Crippen LogP contribution in [-0.4, -0.2) is 25.3 Å². The fourth-order valence-electron chi connectivity index (χ4n) is 0.662. The molecule has 1 fully saturated rings. The molecule has 0 aliphatic carbocycles. The number of ether oxygens (including phenoxy) is 2. The number of carbonyl (C=O) groups excluding carboxylic acids is 2. The molecule has 1 aliphatic heterocycles. The monoisotopic (exact) mass is 159 g/mol. The first-order chi connectivity index (χ1) is 5.04. The van der Waals surface area contributed by atoms with Crippen LogP contribution >= 0.6 is 0 Å². The average molecular weight is 159 g/mol. The number of hydrogen-bond acceptors (Lipinski definition) is 4. The predicted molar refractivity (Wildman–Crippen MR) is 34.6 cm³/mol. The van der Waals surface area contributed by atoms with E-state index in [0.717, 1.165) is 0 Å². The van der Waals surface area contributed by atoms with Crippen molar-refractivity contribution < 1.29 is 19.1 Å². The molecule has 0 spiro atoms. The summed E-state index contributed by atoms with van der Waals surface area (Å²) in [6.07, 6.45) is -0.747. The lowest BCUT2D eigenvalue weighted by molar-refractivity contribution is -0.137. The average Bonchev–Trinajstić information content (AvgIpc) is 1.95. The van der Waals surface area contributed by atoms with E-state index in [9.17, 15) is 9.59 Å². The highest BCUT2D eigenvalue weighted by molar-refractivity contribution is 5.81. The van der Waals surface area contributed by atoms with Gasteiger partial charge >= 0.3 is 6.16 Å². The highest BCUT2D eigenvalue weighted by Gasteiger charge is 2.38. The number of rotatable bonds is 1. The summed E-state index contributed by atoms with van der Waals surface area (Å²) in [6, 6.07) is 0. The van der Waals surface area contributed by atoms with Gasteiger partial charge in [-0.15, -0.1) is 0 Å². The molecule has 0 aromatic rings. The Kier molecular flexibility index (Phi) is 1.72. The molecular formula is C6H9NO4. The van der Waals surface area contributed by atoms with Crippen molar-refractivity contribution in [1.82, 2.24) is 0 Å². The van der Waals surface area contributed by atoms with E-state index in [1.165, 1.54) is 0 Å². The molecule has 0 atom stereocenters. The molecule has 0 saturated carbocycles. The predicted octanol–water partition coefficient (Wildman–Crippen LogP) is -0.355. The molecule has 5 heteroatoms. The third kappa shape index (κ3) is 1.42. The molecule has 1 amide bonds. The normalized spacial score (nSPS) is 21.7. The second kappa shape index (κ2) is 2.41. The van der Waals surface area contributed by atoms with Crippen LogP contribution in [0.25, 0.3) is 0 Å². The number of primary amides is 1. The van der Waals surface area contributed by atoms with Gasteiger partial charge in [-0.2, -0.15) is 0 Å². The summed E-state index contributed by atoms with van der Waals surface area (Å²) >= 11 is 0. The van der Waals surface area contributed by atoms with E-state index in [1.807, 2.05) is 0 Å². The molecule has 0 aromatic heterocycles. The van der Waals surface area contributed by atoms with E-state index in [0.29, 0.717) is 0 Å². The first-order valence-corrected chi connectivity index (χ1v) is 3.14. The zero-order chi connectivity index (χ0) is 8.48. The number of cyclic esters (lactones) is 2. The van der Waals surface area contributed by atoms with Crippen LogP contribution in [0.2, 0.25) is 0 Å². The van der Waals surface area contributed by atoms with Crippen LogP contribution in [0.5, 0.6) is 0 Å². The third-order valence-corrected chi connectivity index (χ3v) is 1.61. The Morgan fingerprint density at radius 2 is 2.00 bits per heavy atom. The summed E-state index contributed by atoms with van der Waals surface area (Å²) in [5, 5.41) is 0. The topological polar surface area (TPSA) is 78.6 Å². The van der Waals surface area contributed by atoms with E-state index < -0.39 is 17.5 Å². The maximum atomic E-state index is 10.7. The molecule has 1 rings (SSSR count). The number of carbonyl (C=O) groups is 2. The van der Waals surface area contributed by atoms with E-state index in [-0.39, 0.29) is 13.2 Å². The lowest BCUT2D eigenvalue weighted by atomic mass is 9.92. The Labute approximate surface area is 63.4 Å². The number of amides is 1. The molecule has 1 saturated heterocycles. The van der Waals surface area contributed by atoms with E-state index in [4.69, 9.17) is 5.73 Å². The van der Waals surface area contributed by atoms with Gasteiger partial charge in [0.2, 0.25) is 5.91 Å². The van der Waals surface area contributed by atoms with Gasteiger partial charge in [0.25, 0.3) is 0 Å². The van der Waals surface area contributed by atoms with Gasteiger partial charge in [-0.3, -0.25) is 4.79 Å². The zero-order valence-electron chi connectivity index (χ0n) is 6.12. The SMILES string of the molecule is CC1(C(N)=O)COC(=O)OC1. The lowest BCUT2D eigenvalue weighted by Crippen LogP contribution is -2.46. The van der Waals surface area contributed by atoms with E-state index in [1.54, 1.807) is 6.92 Å². The molecule has 0 bridgehead atoms. The van der Waals surface area contributed by atoms with Gasteiger partial charge in [-0.1, -0.05) is 0 Å². The highest BCUT2D eigenvalue weighted by Crippen LogP contribution is 2.21. The summed E-state index contributed by atoms with van der Waals surface area (Å²) < 4.78 is 8.99. The summed E-state index contributed by atoms with van der Waals surface area (Å²) in [5.41, 5.74) is 4.17. The number of hydrogen-bond donors (Lipinski definition) is 1. The van der Waals surface area contributed by atoms with Crippen molar-refractivity contribution in [3.05, 3.63) is 0 Å². The van der Waals surface area contributed by atoms with Crippen molar-refractivity contribution in [3.63, 3.8) is 0 Å². The van der Waals surface area contributed by atoms with Crippen molar-refractivity contribution in [2.45, 2.75) is 6.92 Å². The first kappa shape index (κ1) is 7.84. The number of nitrogens with two attached hydrogens (primary N) is 1. The van der Waals surface area contributed by atoms with E-state index >= 15 is 0 Å². The van der Waals surface area contributed by atoms with E-state index in [2.05, 4.69) is 9.47 Å². The van der Waals surface area contributed by atoms with Crippen molar-refractivity contribution in [2.75, 3.05) is 13.2 Å². The summed E-state index contributed by atoms with van der Waals surface area (Å²) in [6.45, 7) is 1.59. The van der Waals surface area contributed by atoms with Crippen molar-refractivity contribution in [1.29, 1.82) is 0 Å². The molecule has 1 aliphatic rings. The van der Waals surface area contributed by atoms with Crippen molar-refractivity contribution in [3.8, 4) is 0 Å². The molecule has 0 aromatic carbocycles. The first-order valence-electron chi connectivity index (χ1n) is 3.14. The lowest BCUT2D eigenvalue weighted by Gasteiger charge is -2.28. The Balaban J connectivity index is 2.62. The fourth-order valence-corrected chi connectivity index (χ4v) is 0.662. The van der Waals surface area contributed by atoms with Gasteiger partial charge in [0.1, 0.15) is 18.6 Å². The van der Waals surface area contributed by atoms with Crippen molar-refractivity contribution in [2.24, 2.45) is 11.1 Å². The van der Waals surface area contributed by atoms with Crippen molar-refractivity contribution >= 4 is 12.1 Å². The summed E-state index contributed by atoms with van der Waals surface area (Å²) in [5.74, 6) is -0.523. The quantitative estimate of drug-likeness (QED) is 0.530.